The second-order valence-electron chi connectivity index (χ2n) is 5.87. The van der Waals surface area contributed by atoms with E-state index in [-0.39, 0.29) is 0 Å². The number of hydrogen-bond donors (Lipinski definition) is 0. The van der Waals surface area contributed by atoms with Crippen molar-refractivity contribution >= 4 is 5.78 Å². The number of ether oxygens (including phenoxy) is 1. The zero-order valence-electron chi connectivity index (χ0n) is 11.9. The van der Waals surface area contributed by atoms with Crippen molar-refractivity contribution in [2.45, 2.75) is 52.1 Å². The Labute approximate surface area is 111 Å². The molecule has 3 heteroatoms. The summed E-state index contributed by atoms with van der Waals surface area (Å²) in [5.74, 6) is 1.56. The number of nitrogens with zero attached hydrogens (tertiary/aromatic N) is 1. The summed E-state index contributed by atoms with van der Waals surface area (Å²) in [5, 5.41) is 0. The van der Waals surface area contributed by atoms with Crippen LogP contribution < -0.4 is 0 Å². The second-order valence-corrected chi connectivity index (χ2v) is 5.87. The van der Waals surface area contributed by atoms with Crippen molar-refractivity contribution in [2.75, 3.05) is 26.2 Å². The molecule has 2 fully saturated rings. The molecule has 1 aliphatic carbocycles. The van der Waals surface area contributed by atoms with Gasteiger partial charge in [0.25, 0.3) is 0 Å². The van der Waals surface area contributed by atoms with E-state index in [9.17, 15) is 4.79 Å². The second kappa shape index (κ2) is 6.67. The Morgan fingerprint density at radius 3 is 2.89 bits per heavy atom. The number of ketones is 1. The molecule has 18 heavy (non-hydrogen) atoms. The van der Waals surface area contributed by atoms with Crippen molar-refractivity contribution in [1.82, 2.24) is 4.90 Å². The van der Waals surface area contributed by atoms with Crippen molar-refractivity contribution in [3.63, 3.8) is 0 Å². The molecule has 0 aromatic heterocycles. The lowest BCUT2D eigenvalue weighted by Gasteiger charge is -2.36. The predicted molar refractivity (Wildman–Crippen MR) is 72.6 cm³/mol. The fourth-order valence-electron chi connectivity index (χ4n) is 3.25. The van der Waals surface area contributed by atoms with Crippen LogP contribution in [0.5, 0.6) is 0 Å². The molecule has 3 unspecified atom stereocenters. The SMILES string of the molecule is CCC1CCC(=O)C(CN2CCOC(CC)C2)C1. The van der Waals surface area contributed by atoms with E-state index >= 15 is 0 Å². The van der Waals surface area contributed by atoms with Gasteiger partial charge < -0.3 is 4.74 Å². The fraction of sp³-hybridized carbons (Fsp3) is 0.933. The molecule has 0 radical (unpaired) electrons. The molecule has 1 saturated carbocycles. The van der Waals surface area contributed by atoms with Gasteiger partial charge in [0.1, 0.15) is 5.78 Å². The minimum absolute atomic E-state index is 0.291. The maximum Gasteiger partial charge on any atom is 0.137 e. The molecule has 0 N–H and O–H groups in total. The highest BCUT2D eigenvalue weighted by molar-refractivity contribution is 5.81. The molecule has 104 valence electrons. The molecule has 2 aliphatic rings. The van der Waals surface area contributed by atoms with Gasteiger partial charge in [-0.15, -0.1) is 0 Å². The van der Waals surface area contributed by atoms with E-state index in [0.717, 1.165) is 57.8 Å². The maximum absolute atomic E-state index is 12.0. The molecule has 1 saturated heterocycles. The summed E-state index contributed by atoms with van der Waals surface area (Å²) in [6, 6.07) is 0. The van der Waals surface area contributed by atoms with Crippen LogP contribution in [0, 0.1) is 11.8 Å². The Bertz CT molecular complexity index is 280. The molecule has 2 rings (SSSR count). The van der Waals surface area contributed by atoms with E-state index in [0.29, 0.717) is 17.8 Å². The number of carbonyl (C=O) groups is 1. The highest BCUT2D eigenvalue weighted by Gasteiger charge is 2.30. The standard InChI is InChI=1S/C15H27NO2/c1-3-12-5-6-15(17)13(9-12)10-16-7-8-18-14(4-2)11-16/h12-14H,3-11H2,1-2H3. The van der Waals surface area contributed by atoms with Crippen LogP contribution >= 0.6 is 0 Å². The topological polar surface area (TPSA) is 29.5 Å². The molecule has 0 bridgehead atoms. The summed E-state index contributed by atoms with van der Waals surface area (Å²) in [6.45, 7) is 8.23. The summed E-state index contributed by atoms with van der Waals surface area (Å²) >= 11 is 0. The minimum atomic E-state index is 0.291. The van der Waals surface area contributed by atoms with E-state index in [1.54, 1.807) is 0 Å². The van der Waals surface area contributed by atoms with Crippen molar-refractivity contribution in [3.05, 3.63) is 0 Å². The van der Waals surface area contributed by atoms with Crippen molar-refractivity contribution < 1.29 is 9.53 Å². The number of hydrogen-bond acceptors (Lipinski definition) is 3. The van der Waals surface area contributed by atoms with Crippen LogP contribution in [-0.4, -0.2) is 43.0 Å². The van der Waals surface area contributed by atoms with Crippen molar-refractivity contribution in [2.24, 2.45) is 11.8 Å². The highest BCUT2D eigenvalue weighted by Crippen LogP contribution is 2.29. The molecule has 0 amide bonds. The quantitative estimate of drug-likeness (QED) is 0.771. The van der Waals surface area contributed by atoms with Gasteiger partial charge in [0.2, 0.25) is 0 Å². The van der Waals surface area contributed by atoms with Gasteiger partial charge in [-0.3, -0.25) is 9.69 Å². The van der Waals surface area contributed by atoms with Crippen LogP contribution in [0.2, 0.25) is 0 Å². The Balaban J connectivity index is 1.85. The van der Waals surface area contributed by atoms with Gasteiger partial charge in [-0.25, -0.2) is 0 Å². The molecule has 0 aromatic rings. The third kappa shape index (κ3) is 3.55. The predicted octanol–water partition coefficient (Wildman–Crippen LogP) is 2.49. The van der Waals surface area contributed by atoms with Crippen LogP contribution in [0.25, 0.3) is 0 Å². The van der Waals surface area contributed by atoms with E-state index < -0.39 is 0 Å². The summed E-state index contributed by atoms with van der Waals surface area (Å²) in [7, 11) is 0. The number of carbonyl (C=O) groups excluding carboxylic acids is 1. The first-order valence-electron chi connectivity index (χ1n) is 7.59. The molecule has 1 heterocycles. The summed E-state index contributed by atoms with van der Waals surface area (Å²) < 4.78 is 5.69. The van der Waals surface area contributed by atoms with Gasteiger partial charge in [-0.1, -0.05) is 20.3 Å². The average molecular weight is 253 g/mol. The van der Waals surface area contributed by atoms with Crippen LogP contribution in [-0.2, 0) is 9.53 Å². The molecule has 0 aromatic carbocycles. The molecule has 1 aliphatic heterocycles. The lowest BCUT2D eigenvalue weighted by Crippen LogP contribution is -2.46. The third-order valence-electron chi connectivity index (χ3n) is 4.61. The Hall–Kier alpha value is -0.410. The fourth-order valence-corrected chi connectivity index (χ4v) is 3.25. The van der Waals surface area contributed by atoms with E-state index in [1.165, 1.54) is 6.42 Å². The lowest BCUT2D eigenvalue weighted by molar-refractivity contribution is -0.127. The van der Waals surface area contributed by atoms with Gasteiger partial charge in [-0.2, -0.15) is 0 Å². The molecule has 3 atom stereocenters. The van der Waals surface area contributed by atoms with Gasteiger partial charge >= 0.3 is 0 Å². The van der Waals surface area contributed by atoms with Gasteiger partial charge in [0.15, 0.2) is 0 Å². The first-order valence-corrected chi connectivity index (χ1v) is 7.59. The lowest BCUT2D eigenvalue weighted by atomic mass is 9.79. The van der Waals surface area contributed by atoms with Crippen LogP contribution in [0.15, 0.2) is 0 Å². The van der Waals surface area contributed by atoms with Crippen molar-refractivity contribution in [3.8, 4) is 0 Å². The molecular formula is C15H27NO2. The van der Waals surface area contributed by atoms with E-state index in [1.807, 2.05) is 0 Å². The summed E-state index contributed by atoms with van der Waals surface area (Å²) in [6.07, 6.45) is 5.72. The smallest absolute Gasteiger partial charge is 0.137 e. The average Bonchev–Trinajstić information content (AvgIpc) is 2.41. The van der Waals surface area contributed by atoms with Gasteiger partial charge in [0.05, 0.1) is 12.7 Å². The normalized spacial score (nSPS) is 34.8. The van der Waals surface area contributed by atoms with E-state index in [2.05, 4.69) is 18.7 Å². The van der Waals surface area contributed by atoms with Crippen LogP contribution in [0.1, 0.15) is 46.0 Å². The zero-order valence-corrected chi connectivity index (χ0v) is 11.9. The van der Waals surface area contributed by atoms with E-state index in [4.69, 9.17) is 4.74 Å². The number of morpholine rings is 1. The number of rotatable bonds is 4. The number of Topliss-reactive ketones (excluding diaryl/α,β-unsaturated/α-hetero) is 1. The van der Waals surface area contributed by atoms with Crippen LogP contribution in [0.3, 0.4) is 0 Å². The summed E-state index contributed by atoms with van der Waals surface area (Å²) in [4.78, 5) is 14.5. The zero-order chi connectivity index (χ0) is 13.0. The molecular weight excluding hydrogens is 226 g/mol. The Kier molecular flexibility index (Phi) is 5.19. The first-order chi connectivity index (χ1) is 8.72. The Morgan fingerprint density at radius 1 is 1.33 bits per heavy atom. The molecule has 3 nitrogen and oxygen atoms in total. The Morgan fingerprint density at radius 2 is 2.17 bits per heavy atom. The van der Waals surface area contributed by atoms with Crippen LogP contribution in [0.4, 0.5) is 0 Å². The first kappa shape index (κ1) is 14.0. The molecule has 0 spiro atoms. The maximum atomic E-state index is 12.0. The highest BCUT2D eigenvalue weighted by atomic mass is 16.5. The monoisotopic (exact) mass is 253 g/mol. The minimum Gasteiger partial charge on any atom is -0.376 e. The van der Waals surface area contributed by atoms with Crippen molar-refractivity contribution in [1.29, 1.82) is 0 Å². The van der Waals surface area contributed by atoms with Gasteiger partial charge in [0, 0.05) is 32.0 Å². The third-order valence-corrected chi connectivity index (χ3v) is 4.61. The summed E-state index contributed by atoms with van der Waals surface area (Å²) in [5.41, 5.74) is 0. The largest absolute Gasteiger partial charge is 0.376 e. The van der Waals surface area contributed by atoms with Gasteiger partial charge in [-0.05, 0) is 25.2 Å².